The molecular weight excluding hydrogens is 369 g/mol. The lowest BCUT2D eigenvalue weighted by Gasteiger charge is -2.33. The highest BCUT2D eigenvalue weighted by atomic mass is 19.4. The summed E-state index contributed by atoms with van der Waals surface area (Å²) in [6, 6.07) is 8.51. The van der Waals surface area contributed by atoms with E-state index in [0.29, 0.717) is 12.1 Å². The number of nitrogens with zero attached hydrogens (tertiary/aromatic N) is 3. The van der Waals surface area contributed by atoms with Crippen molar-refractivity contribution in [2.45, 2.75) is 19.1 Å². The Kier molecular flexibility index (Phi) is 6.18. The number of aromatic nitrogens is 1. The number of likely N-dealkylation sites (N-methyl/N-ethyl adjacent to an activating group) is 1. The second-order valence-corrected chi connectivity index (χ2v) is 6.96. The maximum absolute atomic E-state index is 12.6. The molecule has 1 aromatic heterocycles. The Hall–Kier alpha value is -2.61. The van der Waals surface area contributed by atoms with Crippen molar-refractivity contribution in [2.75, 3.05) is 38.1 Å². The van der Waals surface area contributed by atoms with Gasteiger partial charge in [0, 0.05) is 38.9 Å². The van der Waals surface area contributed by atoms with Crippen LogP contribution in [0.5, 0.6) is 0 Å². The first-order valence-corrected chi connectivity index (χ1v) is 9.12. The van der Waals surface area contributed by atoms with E-state index in [4.69, 9.17) is 0 Å². The molecule has 0 saturated carbocycles. The number of nitrogens with one attached hydrogen (secondary N) is 1. The second-order valence-electron chi connectivity index (χ2n) is 6.96. The van der Waals surface area contributed by atoms with Crippen LogP contribution >= 0.6 is 0 Å². The van der Waals surface area contributed by atoms with Gasteiger partial charge in [-0.15, -0.1) is 0 Å². The van der Waals surface area contributed by atoms with Gasteiger partial charge < -0.3 is 15.1 Å². The van der Waals surface area contributed by atoms with E-state index in [1.807, 2.05) is 12.1 Å². The van der Waals surface area contributed by atoms with Gasteiger partial charge in [-0.3, -0.25) is 4.79 Å². The number of anilines is 1. The summed E-state index contributed by atoms with van der Waals surface area (Å²) >= 11 is 0. The normalized spacial score (nSPS) is 15.5. The molecular formula is C20H23F3N4O. The van der Waals surface area contributed by atoms with E-state index >= 15 is 0 Å². The minimum atomic E-state index is -4.37. The van der Waals surface area contributed by atoms with Crippen molar-refractivity contribution >= 4 is 11.7 Å². The van der Waals surface area contributed by atoms with Crippen molar-refractivity contribution in [1.29, 1.82) is 0 Å². The van der Waals surface area contributed by atoms with Crippen LogP contribution in [0.1, 0.15) is 16.7 Å². The minimum Gasteiger partial charge on any atom is -0.354 e. The van der Waals surface area contributed by atoms with Gasteiger partial charge in [-0.05, 0) is 36.4 Å². The topological polar surface area (TPSA) is 48.5 Å². The number of pyridine rings is 1. The molecule has 0 bridgehead atoms. The van der Waals surface area contributed by atoms with Crippen molar-refractivity contribution in [1.82, 2.24) is 15.2 Å². The number of hydrogen-bond acceptors (Lipinski definition) is 4. The van der Waals surface area contributed by atoms with Crippen molar-refractivity contribution in [3.63, 3.8) is 0 Å². The molecule has 3 rings (SSSR count). The standard InChI is InChI=1S/C20H23F3N4O/c1-26-8-10-27(11-9-26)18-7-4-16(13-24-18)14-25-19(28)12-15-2-5-17(6-3-15)20(21,22)23/h2-7,13H,8-12,14H2,1H3,(H,25,28). The Morgan fingerprint density at radius 3 is 2.25 bits per heavy atom. The number of alkyl halides is 3. The second kappa shape index (κ2) is 8.60. The van der Waals surface area contributed by atoms with Crippen LogP contribution in [0.2, 0.25) is 0 Å². The zero-order valence-electron chi connectivity index (χ0n) is 15.7. The number of benzene rings is 1. The Bertz CT molecular complexity index is 783. The third-order valence-electron chi connectivity index (χ3n) is 4.77. The lowest BCUT2D eigenvalue weighted by atomic mass is 10.1. The van der Waals surface area contributed by atoms with Crippen molar-refractivity contribution in [3.05, 3.63) is 59.3 Å². The largest absolute Gasteiger partial charge is 0.416 e. The highest BCUT2D eigenvalue weighted by Crippen LogP contribution is 2.29. The van der Waals surface area contributed by atoms with Crippen LogP contribution in [0.3, 0.4) is 0 Å². The monoisotopic (exact) mass is 392 g/mol. The summed E-state index contributed by atoms with van der Waals surface area (Å²) in [6.07, 6.45) is -2.60. The summed E-state index contributed by atoms with van der Waals surface area (Å²) in [4.78, 5) is 21.0. The lowest BCUT2D eigenvalue weighted by Crippen LogP contribution is -2.44. The Labute approximate surface area is 162 Å². The summed E-state index contributed by atoms with van der Waals surface area (Å²) < 4.78 is 37.7. The Morgan fingerprint density at radius 1 is 1.04 bits per heavy atom. The summed E-state index contributed by atoms with van der Waals surface area (Å²) in [7, 11) is 2.10. The van der Waals surface area contributed by atoms with Crippen LogP contribution < -0.4 is 10.2 Å². The van der Waals surface area contributed by atoms with E-state index in [1.165, 1.54) is 12.1 Å². The van der Waals surface area contributed by atoms with Gasteiger partial charge in [0.25, 0.3) is 0 Å². The van der Waals surface area contributed by atoms with Gasteiger partial charge in [0.1, 0.15) is 5.82 Å². The van der Waals surface area contributed by atoms with Crippen LogP contribution in [0.25, 0.3) is 0 Å². The average Bonchev–Trinajstić information content (AvgIpc) is 2.67. The van der Waals surface area contributed by atoms with Gasteiger partial charge in [0.2, 0.25) is 5.91 Å². The Balaban J connectivity index is 1.48. The number of halogens is 3. The Morgan fingerprint density at radius 2 is 1.68 bits per heavy atom. The van der Waals surface area contributed by atoms with E-state index in [-0.39, 0.29) is 12.3 Å². The van der Waals surface area contributed by atoms with Crippen LogP contribution in [-0.4, -0.2) is 49.0 Å². The zero-order chi connectivity index (χ0) is 20.1. The quantitative estimate of drug-likeness (QED) is 0.850. The third kappa shape index (κ3) is 5.45. The maximum Gasteiger partial charge on any atom is 0.416 e. The minimum absolute atomic E-state index is 0.0327. The molecule has 5 nitrogen and oxygen atoms in total. The SMILES string of the molecule is CN1CCN(c2ccc(CNC(=O)Cc3ccc(C(F)(F)F)cc3)cn2)CC1. The van der Waals surface area contributed by atoms with Crippen molar-refractivity contribution in [2.24, 2.45) is 0 Å². The van der Waals surface area contributed by atoms with Crippen LogP contribution in [0.15, 0.2) is 42.6 Å². The van der Waals surface area contributed by atoms with E-state index in [9.17, 15) is 18.0 Å². The highest BCUT2D eigenvalue weighted by molar-refractivity contribution is 5.78. The molecule has 8 heteroatoms. The number of piperazine rings is 1. The van der Waals surface area contributed by atoms with Crippen LogP contribution in [-0.2, 0) is 23.9 Å². The molecule has 1 aromatic carbocycles. The number of rotatable bonds is 5. The number of carbonyl (C=O) groups excluding carboxylic acids is 1. The molecule has 2 aromatic rings. The molecule has 1 amide bonds. The van der Waals surface area contributed by atoms with E-state index in [0.717, 1.165) is 49.7 Å². The predicted octanol–water partition coefficient (Wildman–Crippen LogP) is 2.71. The fourth-order valence-electron chi connectivity index (χ4n) is 3.00. The first-order chi connectivity index (χ1) is 13.3. The van der Waals surface area contributed by atoms with E-state index in [2.05, 4.69) is 27.1 Å². The molecule has 2 heterocycles. The van der Waals surface area contributed by atoms with Gasteiger partial charge in [-0.2, -0.15) is 13.2 Å². The van der Waals surface area contributed by atoms with Gasteiger partial charge in [-0.1, -0.05) is 18.2 Å². The summed E-state index contributed by atoms with van der Waals surface area (Å²) in [5.41, 5.74) is 0.691. The summed E-state index contributed by atoms with van der Waals surface area (Å²) in [6.45, 7) is 4.21. The predicted molar refractivity (Wildman–Crippen MR) is 101 cm³/mol. The molecule has 1 aliphatic heterocycles. The molecule has 0 spiro atoms. The van der Waals surface area contributed by atoms with Gasteiger partial charge in [0.05, 0.1) is 12.0 Å². The van der Waals surface area contributed by atoms with Crippen LogP contribution in [0.4, 0.5) is 19.0 Å². The first kappa shape index (κ1) is 20.1. The molecule has 0 radical (unpaired) electrons. The molecule has 0 aliphatic carbocycles. The fourth-order valence-corrected chi connectivity index (χ4v) is 3.00. The fraction of sp³-hybridized carbons (Fsp3) is 0.400. The maximum atomic E-state index is 12.6. The first-order valence-electron chi connectivity index (χ1n) is 9.12. The molecule has 1 saturated heterocycles. The van der Waals surface area contributed by atoms with Gasteiger partial charge in [0.15, 0.2) is 0 Å². The molecule has 1 N–H and O–H groups in total. The van der Waals surface area contributed by atoms with Crippen LogP contribution in [0, 0.1) is 0 Å². The van der Waals surface area contributed by atoms with Gasteiger partial charge in [-0.25, -0.2) is 4.98 Å². The lowest BCUT2D eigenvalue weighted by molar-refractivity contribution is -0.137. The summed E-state index contributed by atoms with van der Waals surface area (Å²) in [5.74, 6) is 0.677. The van der Waals surface area contributed by atoms with Gasteiger partial charge >= 0.3 is 6.18 Å². The molecule has 0 unspecified atom stereocenters. The third-order valence-corrected chi connectivity index (χ3v) is 4.77. The highest BCUT2D eigenvalue weighted by Gasteiger charge is 2.29. The number of amides is 1. The number of carbonyl (C=O) groups is 1. The van der Waals surface area contributed by atoms with E-state index < -0.39 is 11.7 Å². The summed E-state index contributed by atoms with van der Waals surface area (Å²) in [5, 5.41) is 2.78. The average molecular weight is 392 g/mol. The van der Waals surface area contributed by atoms with Crippen molar-refractivity contribution in [3.8, 4) is 0 Å². The smallest absolute Gasteiger partial charge is 0.354 e. The molecule has 0 atom stereocenters. The van der Waals surface area contributed by atoms with E-state index in [1.54, 1.807) is 6.20 Å². The molecule has 1 fully saturated rings. The number of hydrogen-bond donors (Lipinski definition) is 1. The molecule has 1 aliphatic rings. The van der Waals surface area contributed by atoms with Crippen molar-refractivity contribution < 1.29 is 18.0 Å². The zero-order valence-corrected chi connectivity index (χ0v) is 15.7. The molecule has 28 heavy (non-hydrogen) atoms. The molecule has 150 valence electrons.